The van der Waals surface area contributed by atoms with Gasteiger partial charge in [-0.05, 0) is 48.7 Å². The zero-order valence-electron chi connectivity index (χ0n) is 11.8. The molecule has 100 valence electrons. The van der Waals surface area contributed by atoms with Crippen LogP contribution in [0.3, 0.4) is 0 Å². The molecule has 1 aliphatic heterocycles. The third-order valence-corrected chi connectivity index (χ3v) is 4.59. The molecule has 1 nitrogen and oxygen atoms in total. The van der Waals surface area contributed by atoms with Gasteiger partial charge in [-0.15, -0.1) is 11.6 Å². The Morgan fingerprint density at radius 1 is 1.26 bits per heavy atom. The average molecular weight is 274 g/mol. The molecule has 19 heavy (non-hydrogen) atoms. The fraction of sp³-hybridized carbons (Fsp3) is 0.412. The van der Waals surface area contributed by atoms with E-state index in [1.807, 2.05) is 0 Å². The molecule has 0 aromatic heterocycles. The van der Waals surface area contributed by atoms with Crippen LogP contribution in [0.5, 0.6) is 0 Å². The molecule has 2 aromatic rings. The number of aryl methyl sites for hydroxylation is 1. The predicted molar refractivity (Wildman–Crippen MR) is 84.6 cm³/mol. The maximum absolute atomic E-state index is 6.22. The number of fused-ring (bicyclic) bond motifs is 3. The van der Waals surface area contributed by atoms with Crippen molar-refractivity contribution in [1.29, 1.82) is 0 Å². The van der Waals surface area contributed by atoms with Gasteiger partial charge in [0.15, 0.2) is 0 Å². The molecule has 0 saturated carbocycles. The summed E-state index contributed by atoms with van der Waals surface area (Å²) in [6.07, 6.45) is 0. The van der Waals surface area contributed by atoms with Crippen LogP contribution >= 0.6 is 11.6 Å². The Balaban J connectivity index is 2.31. The molecule has 0 saturated heterocycles. The number of anilines is 1. The summed E-state index contributed by atoms with van der Waals surface area (Å²) < 4.78 is 0. The first-order valence-corrected chi connectivity index (χ1v) is 7.51. The highest BCUT2D eigenvalue weighted by Gasteiger charge is 2.31. The molecule has 0 aliphatic carbocycles. The molecule has 0 bridgehead atoms. The van der Waals surface area contributed by atoms with Crippen molar-refractivity contribution in [3.63, 3.8) is 0 Å². The summed E-state index contributed by atoms with van der Waals surface area (Å²) in [5.74, 6) is 1.15. The van der Waals surface area contributed by atoms with Crippen LogP contribution in [0, 0.1) is 6.92 Å². The van der Waals surface area contributed by atoms with E-state index in [-0.39, 0.29) is 0 Å². The van der Waals surface area contributed by atoms with Gasteiger partial charge < -0.3 is 4.90 Å². The molecule has 3 rings (SSSR count). The van der Waals surface area contributed by atoms with E-state index in [4.69, 9.17) is 11.6 Å². The normalized spacial score (nSPS) is 18.4. The summed E-state index contributed by atoms with van der Waals surface area (Å²) in [6.45, 7) is 7.76. The molecule has 1 unspecified atom stereocenters. The Hall–Kier alpha value is -1.21. The number of hydrogen-bond acceptors (Lipinski definition) is 1. The first kappa shape index (κ1) is 12.8. The monoisotopic (exact) mass is 273 g/mol. The zero-order valence-corrected chi connectivity index (χ0v) is 12.5. The lowest BCUT2D eigenvalue weighted by Crippen LogP contribution is -2.29. The second kappa shape index (κ2) is 4.72. The van der Waals surface area contributed by atoms with Gasteiger partial charge >= 0.3 is 0 Å². The molecule has 0 radical (unpaired) electrons. The fourth-order valence-corrected chi connectivity index (χ4v) is 3.52. The number of hydrogen-bond donors (Lipinski definition) is 0. The number of benzene rings is 2. The first-order valence-electron chi connectivity index (χ1n) is 6.98. The summed E-state index contributed by atoms with van der Waals surface area (Å²) >= 11 is 6.22. The van der Waals surface area contributed by atoms with E-state index in [1.54, 1.807) is 0 Å². The van der Waals surface area contributed by atoms with Crippen LogP contribution in [-0.2, 0) is 0 Å². The highest BCUT2D eigenvalue weighted by Crippen LogP contribution is 2.43. The summed E-state index contributed by atoms with van der Waals surface area (Å²) in [7, 11) is 0. The van der Waals surface area contributed by atoms with E-state index in [0.29, 0.717) is 17.8 Å². The van der Waals surface area contributed by atoms with Crippen LogP contribution in [0.25, 0.3) is 10.8 Å². The highest BCUT2D eigenvalue weighted by atomic mass is 35.5. The molecule has 0 fully saturated rings. The standard InChI is InChI=1S/C17H20ClN/c1-11(2)19-10-13(9-18)17-15-7-5-4-6-14(15)12(3)8-16(17)19/h4-8,11,13H,9-10H2,1-3H3. The van der Waals surface area contributed by atoms with Crippen LogP contribution in [0.1, 0.15) is 30.9 Å². The topological polar surface area (TPSA) is 3.24 Å². The molecule has 1 heterocycles. The van der Waals surface area contributed by atoms with Gasteiger partial charge in [0.1, 0.15) is 0 Å². The first-order chi connectivity index (χ1) is 9.13. The van der Waals surface area contributed by atoms with Crippen molar-refractivity contribution in [1.82, 2.24) is 0 Å². The maximum Gasteiger partial charge on any atom is 0.0414 e. The minimum absolute atomic E-state index is 0.449. The smallest absolute Gasteiger partial charge is 0.0414 e. The van der Waals surface area contributed by atoms with Gasteiger partial charge in [-0.1, -0.05) is 24.3 Å². The van der Waals surface area contributed by atoms with E-state index >= 15 is 0 Å². The van der Waals surface area contributed by atoms with Gasteiger partial charge in [0, 0.05) is 30.1 Å². The van der Waals surface area contributed by atoms with Crippen LogP contribution < -0.4 is 4.90 Å². The minimum atomic E-state index is 0.449. The second-order valence-corrected chi connectivity index (χ2v) is 6.08. The fourth-order valence-electron chi connectivity index (χ4n) is 3.27. The van der Waals surface area contributed by atoms with Crippen molar-refractivity contribution in [2.24, 2.45) is 0 Å². The molecular formula is C17H20ClN. The Kier molecular flexibility index (Phi) is 3.18. The number of halogens is 1. The van der Waals surface area contributed by atoms with Gasteiger partial charge in [-0.3, -0.25) is 0 Å². The van der Waals surface area contributed by atoms with Crippen LogP contribution in [-0.4, -0.2) is 18.5 Å². The van der Waals surface area contributed by atoms with Crippen molar-refractivity contribution in [2.45, 2.75) is 32.7 Å². The summed E-state index contributed by atoms with van der Waals surface area (Å²) in [5.41, 5.74) is 4.19. The Labute approximate surface area is 120 Å². The number of nitrogens with zero attached hydrogens (tertiary/aromatic N) is 1. The van der Waals surface area contributed by atoms with Crippen molar-refractivity contribution in [2.75, 3.05) is 17.3 Å². The van der Waals surface area contributed by atoms with Gasteiger partial charge in [0.25, 0.3) is 0 Å². The average Bonchev–Trinajstić information content (AvgIpc) is 2.78. The molecule has 1 atom stereocenters. The van der Waals surface area contributed by atoms with Gasteiger partial charge in [-0.2, -0.15) is 0 Å². The summed E-state index contributed by atoms with van der Waals surface area (Å²) in [6, 6.07) is 11.6. The maximum atomic E-state index is 6.22. The Morgan fingerprint density at radius 3 is 2.58 bits per heavy atom. The van der Waals surface area contributed by atoms with Crippen LogP contribution in [0.2, 0.25) is 0 Å². The van der Waals surface area contributed by atoms with Crippen molar-refractivity contribution in [3.05, 3.63) is 41.5 Å². The summed E-state index contributed by atoms with van der Waals surface area (Å²) in [5, 5.41) is 2.74. The summed E-state index contributed by atoms with van der Waals surface area (Å²) in [4.78, 5) is 2.49. The van der Waals surface area contributed by atoms with Crippen LogP contribution in [0.15, 0.2) is 30.3 Å². The largest absolute Gasteiger partial charge is 0.368 e. The number of alkyl halides is 1. The molecule has 1 aliphatic rings. The molecule has 0 amide bonds. The molecule has 0 N–H and O–H groups in total. The predicted octanol–water partition coefficient (Wildman–Crippen LogP) is 4.70. The van der Waals surface area contributed by atoms with E-state index in [9.17, 15) is 0 Å². The third kappa shape index (κ3) is 1.92. The zero-order chi connectivity index (χ0) is 13.6. The van der Waals surface area contributed by atoms with Gasteiger partial charge in [0.2, 0.25) is 0 Å². The van der Waals surface area contributed by atoms with E-state index in [0.717, 1.165) is 6.54 Å². The second-order valence-electron chi connectivity index (χ2n) is 5.77. The highest BCUT2D eigenvalue weighted by molar-refractivity contribution is 6.18. The lowest BCUT2D eigenvalue weighted by atomic mass is 9.93. The van der Waals surface area contributed by atoms with Gasteiger partial charge in [0.05, 0.1) is 0 Å². The van der Waals surface area contributed by atoms with Crippen molar-refractivity contribution >= 4 is 28.1 Å². The van der Waals surface area contributed by atoms with Gasteiger partial charge in [-0.25, -0.2) is 0 Å². The van der Waals surface area contributed by atoms with E-state index in [2.05, 4.69) is 56.0 Å². The lowest BCUT2D eigenvalue weighted by molar-refractivity contribution is 0.673. The SMILES string of the molecule is Cc1cc2c(c3ccccc13)C(CCl)CN2C(C)C. The molecule has 0 spiro atoms. The van der Waals surface area contributed by atoms with E-state index < -0.39 is 0 Å². The molecule has 2 aromatic carbocycles. The molecular weight excluding hydrogens is 254 g/mol. The van der Waals surface area contributed by atoms with Crippen molar-refractivity contribution < 1.29 is 0 Å². The molecule has 2 heteroatoms. The Bertz CT molecular complexity index is 618. The Morgan fingerprint density at radius 2 is 1.95 bits per heavy atom. The number of rotatable bonds is 2. The minimum Gasteiger partial charge on any atom is -0.368 e. The van der Waals surface area contributed by atoms with E-state index in [1.165, 1.54) is 27.6 Å². The van der Waals surface area contributed by atoms with Crippen molar-refractivity contribution in [3.8, 4) is 0 Å². The quantitative estimate of drug-likeness (QED) is 0.717. The van der Waals surface area contributed by atoms with Crippen LogP contribution in [0.4, 0.5) is 5.69 Å². The third-order valence-electron chi connectivity index (χ3n) is 4.22. The lowest BCUT2D eigenvalue weighted by Gasteiger charge is -2.25.